The lowest BCUT2D eigenvalue weighted by Crippen LogP contribution is -2.32. The molecule has 2 aromatic rings. The van der Waals surface area contributed by atoms with E-state index in [0.717, 1.165) is 0 Å². The zero-order valence-electron chi connectivity index (χ0n) is 15.9. The molecule has 28 heavy (non-hydrogen) atoms. The molecule has 2 aromatic carbocycles. The van der Waals surface area contributed by atoms with Crippen molar-refractivity contribution in [2.24, 2.45) is 11.8 Å². The maximum absolute atomic E-state index is 13.3. The van der Waals surface area contributed by atoms with Gasteiger partial charge in [-0.25, -0.2) is 4.39 Å². The zero-order valence-corrected chi connectivity index (χ0v) is 15.9. The van der Waals surface area contributed by atoms with Crippen LogP contribution >= 0.6 is 0 Å². The molecular formula is C22H25FN2O3. The van der Waals surface area contributed by atoms with Gasteiger partial charge in [-0.2, -0.15) is 0 Å². The molecule has 1 aliphatic rings. The van der Waals surface area contributed by atoms with Crippen LogP contribution in [0.15, 0.2) is 48.5 Å². The molecule has 1 saturated carbocycles. The first kappa shape index (κ1) is 19.9. The highest BCUT2D eigenvalue weighted by atomic mass is 19.1. The molecular weight excluding hydrogens is 359 g/mol. The number of carbonyl (C=O) groups is 2. The summed E-state index contributed by atoms with van der Waals surface area (Å²) in [5, 5.41) is 5.71. The SMILES string of the molecule is CCOc1ccccc1NC(=O)C1CCC(C(=O)Nc2cccc(F)c2)CC1. The average Bonchev–Trinajstić information content (AvgIpc) is 2.70. The predicted octanol–water partition coefficient (Wildman–Crippen LogP) is 4.61. The van der Waals surface area contributed by atoms with Crippen LogP contribution < -0.4 is 15.4 Å². The monoisotopic (exact) mass is 384 g/mol. The third kappa shape index (κ3) is 5.09. The standard InChI is InChI=1S/C22H25FN2O3/c1-2-28-20-9-4-3-8-19(20)25-22(27)16-12-10-15(11-13-16)21(26)24-18-7-5-6-17(23)14-18/h3-9,14-16H,2,10-13H2,1H3,(H,24,26)(H,25,27). The Balaban J connectivity index is 1.52. The van der Waals surface area contributed by atoms with E-state index in [1.54, 1.807) is 12.1 Å². The largest absolute Gasteiger partial charge is 0.492 e. The van der Waals surface area contributed by atoms with Gasteiger partial charge in [-0.3, -0.25) is 9.59 Å². The zero-order chi connectivity index (χ0) is 19.9. The highest BCUT2D eigenvalue weighted by Crippen LogP contribution is 2.32. The number of rotatable bonds is 6. The van der Waals surface area contributed by atoms with E-state index in [9.17, 15) is 14.0 Å². The van der Waals surface area contributed by atoms with E-state index in [0.29, 0.717) is 49.4 Å². The van der Waals surface area contributed by atoms with E-state index in [1.807, 2.05) is 31.2 Å². The second kappa shape index (κ2) is 9.35. The Labute approximate surface area is 164 Å². The Morgan fingerprint density at radius 1 is 0.964 bits per heavy atom. The maximum Gasteiger partial charge on any atom is 0.227 e. The molecule has 0 saturated heterocycles. The first-order chi connectivity index (χ1) is 13.6. The molecule has 0 spiro atoms. The summed E-state index contributed by atoms with van der Waals surface area (Å²) < 4.78 is 18.8. The third-order valence-electron chi connectivity index (χ3n) is 5.01. The molecule has 6 heteroatoms. The van der Waals surface area contributed by atoms with Gasteiger partial charge in [-0.1, -0.05) is 18.2 Å². The fourth-order valence-corrected chi connectivity index (χ4v) is 3.51. The minimum atomic E-state index is -0.384. The van der Waals surface area contributed by atoms with Crippen LogP contribution in [0.4, 0.5) is 15.8 Å². The van der Waals surface area contributed by atoms with Gasteiger partial charge in [0.25, 0.3) is 0 Å². The molecule has 0 aliphatic heterocycles. The van der Waals surface area contributed by atoms with Crippen molar-refractivity contribution in [3.8, 4) is 5.75 Å². The minimum absolute atomic E-state index is 0.0452. The maximum atomic E-state index is 13.3. The van der Waals surface area contributed by atoms with E-state index in [1.165, 1.54) is 12.1 Å². The van der Waals surface area contributed by atoms with Crippen molar-refractivity contribution in [1.82, 2.24) is 0 Å². The van der Waals surface area contributed by atoms with Gasteiger partial charge in [0.2, 0.25) is 11.8 Å². The van der Waals surface area contributed by atoms with Crippen LogP contribution in [0.5, 0.6) is 5.75 Å². The Morgan fingerprint density at radius 3 is 2.25 bits per heavy atom. The van der Waals surface area contributed by atoms with Gasteiger partial charge >= 0.3 is 0 Å². The Hall–Kier alpha value is -2.89. The van der Waals surface area contributed by atoms with Crippen LogP contribution in [0.25, 0.3) is 0 Å². The highest BCUT2D eigenvalue weighted by molar-refractivity contribution is 5.95. The lowest BCUT2D eigenvalue weighted by molar-refractivity contribution is -0.125. The van der Waals surface area contributed by atoms with Gasteiger partial charge in [-0.15, -0.1) is 0 Å². The van der Waals surface area contributed by atoms with Crippen LogP contribution in [0.2, 0.25) is 0 Å². The Kier molecular flexibility index (Phi) is 6.63. The summed E-state index contributed by atoms with van der Waals surface area (Å²) in [5.41, 5.74) is 1.12. The van der Waals surface area contributed by atoms with Gasteiger partial charge in [0.05, 0.1) is 12.3 Å². The number of benzene rings is 2. The van der Waals surface area contributed by atoms with E-state index in [4.69, 9.17) is 4.74 Å². The lowest BCUT2D eigenvalue weighted by atomic mass is 9.81. The topological polar surface area (TPSA) is 67.4 Å². The van der Waals surface area contributed by atoms with Gasteiger partial charge in [0, 0.05) is 17.5 Å². The molecule has 0 heterocycles. The van der Waals surface area contributed by atoms with Crippen LogP contribution in [-0.4, -0.2) is 18.4 Å². The highest BCUT2D eigenvalue weighted by Gasteiger charge is 2.30. The van der Waals surface area contributed by atoms with Crippen LogP contribution in [0, 0.1) is 17.7 Å². The van der Waals surface area contributed by atoms with Gasteiger partial charge < -0.3 is 15.4 Å². The molecule has 2 amide bonds. The molecule has 0 radical (unpaired) electrons. The molecule has 2 N–H and O–H groups in total. The molecule has 1 fully saturated rings. The molecule has 3 rings (SSSR count). The number of anilines is 2. The summed E-state index contributed by atoms with van der Waals surface area (Å²) in [7, 11) is 0. The van der Waals surface area contributed by atoms with E-state index < -0.39 is 0 Å². The van der Waals surface area contributed by atoms with Crippen LogP contribution in [-0.2, 0) is 9.59 Å². The summed E-state index contributed by atoms with van der Waals surface area (Å²) in [6, 6.07) is 13.2. The van der Waals surface area contributed by atoms with Crippen molar-refractivity contribution < 1.29 is 18.7 Å². The molecule has 0 aromatic heterocycles. The van der Waals surface area contributed by atoms with Crippen molar-refractivity contribution >= 4 is 23.2 Å². The Morgan fingerprint density at radius 2 is 1.61 bits per heavy atom. The van der Waals surface area contributed by atoms with Crippen molar-refractivity contribution in [2.45, 2.75) is 32.6 Å². The number of hydrogen-bond acceptors (Lipinski definition) is 3. The van der Waals surface area contributed by atoms with Crippen molar-refractivity contribution in [3.63, 3.8) is 0 Å². The second-order valence-corrected chi connectivity index (χ2v) is 6.97. The summed E-state index contributed by atoms with van der Waals surface area (Å²) in [4.78, 5) is 25.0. The first-order valence-corrected chi connectivity index (χ1v) is 9.66. The predicted molar refractivity (Wildman–Crippen MR) is 107 cm³/mol. The third-order valence-corrected chi connectivity index (χ3v) is 5.01. The molecule has 0 unspecified atom stereocenters. The first-order valence-electron chi connectivity index (χ1n) is 9.66. The molecule has 0 bridgehead atoms. The number of carbonyl (C=O) groups excluding carboxylic acids is 2. The number of para-hydroxylation sites is 2. The normalized spacial score (nSPS) is 18.9. The van der Waals surface area contributed by atoms with Crippen molar-refractivity contribution in [1.29, 1.82) is 0 Å². The van der Waals surface area contributed by atoms with Gasteiger partial charge in [-0.05, 0) is 62.9 Å². The Bertz CT molecular complexity index is 832. The summed E-state index contributed by atoms with van der Waals surface area (Å²) >= 11 is 0. The number of hydrogen-bond donors (Lipinski definition) is 2. The fraction of sp³-hybridized carbons (Fsp3) is 0.364. The molecule has 5 nitrogen and oxygen atoms in total. The van der Waals surface area contributed by atoms with Crippen LogP contribution in [0.1, 0.15) is 32.6 Å². The van der Waals surface area contributed by atoms with E-state index in [2.05, 4.69) is 10.6 Å². The summed E-state index contributed by atoms with van der Waals surface area (Å²) in [5.74, 6) is -0.190. The summed E-state index contributed by atoms with van der Waals surface area (Å²) in [6.45, 7) is 2.42. The number of halogens is 1. The smallest absolute Gasteiger partial charge is 0.227 e. The van der Waals surface area contributed by atoms with Gasteiger partial charge in [0.1, 0.15) is 11.6 Å². The quantitative estimate of drug-likeness (QED) is 0.764. The van der Waals surface area contributed by atoms with Crippen molar-refractivity contribution in [3.05, 3.63) is 54.3 Å². The summed E-state index contributed by atoms with van der Waals surface area (Å²) in [6.07, 6.45) is 2.55. The number of amides is 2. The second-order valence-electron chi connectivity index (χ2n) is 6.97. The van der Waals surface area contributed by atoms with E-state index in [-0.39, 0.29) is 29.5 Å². The van der Waals surface area contributed by atoms with E-state index >= 15 is 0 Å². The van der Waals surface area contributed by atoms with Gasteiger partial charge in [0.15, 0.2) is 0 Å². The van der Waals surface area contributed by atoms with Crippen LogP contribution in [0.3, 0.4) is 0 Å². The minimum Gasteiger partial charge on any atom is -0.492 e. The number of ether oxygens (including phenoxy) is 1. The fourth-order valence-electron chi connectivity index (χ4n) is 3.51. The average molecular weight is 384 g/mol. The number of nitrogens with one attached hydrogen (secondary N) is 2. The van der Waals surface area contributed by atoms with Crippen molar-refractivity contribution in [2.75, 3.05) is 17.2 Å². The molecule has 1 aliphatic carbocycles. The molecule has 0 atom stereocenters. The molecule has 148 valence electrons. The lowest BCUT2D eigenvalue weighted by Gasteiger charge is -2.27.